The van der Waals surface area contributed by atoms with Gasteiger partial charge in [-0.3, -0.25) is 9.69 Å². The van der Waals surface area contributed by atoms with E-state index in [-0.39, 0.29) is 18.3 Å². The normalized spacial score (nSPS) is 18.5. The molecule has 1 aliphatic rings. The summed E-state index contributed by atoms with van der Waals surface area (Å²) in [5.41, 5.74) is -2.18. The molecular weight excluding hydrogens is 447 g/mol. The third-order valence-electron chi connectivity index (χ3n) is 5.76. The standard InChI is InChI=1S/C24H24F3N5O2/c1-16-14-31(9-10-32(16)20-7-3-17(12-28)4-8-20)15-23(2,34)22(33)30-19-6-5-18(13-29)21(11-19)24(25,26)27/h3-8,11,16,34H,9-10,14-15H2,1-2H3,(H,30,33)/t16-,23?/m0/s1. The molecule has 2 atom stereocenters. The Morgan fingerprint density at radius 3 is 2.38 bits per heavy atom. The lowest BCUT2D eigenvalue weighted by Gasteiger charge is -2.43. The molecule has 3 rings (SSSR count). The van der Waals surface area contributed by atoms with E-state index in [1.54, 1.807) is 12.1 Å². The topological polar surface area (TPSA) is 103 Å². The molecule has 2 aromatic carbocycles. The Morgan fingerprint density at radius 2 is 1.82 bits per heavy atom. The molecule has 0 aliphatic carbocycles. The molecule has 2 aromatic rings. The first-order chi connectivity index (χ1) is 15.9. The smallest absolute Gasteiger partial charge is 0.379 e. The molecule has 7 nitrogen and oxygen atoms in total. The fourth-order valence-electron chi connectivity index (χ4n) is 4.01. The number of nitrogens with one attached hydrogen (secondary N) is 1. The lowest BCUT2D eigenvalue weighted by Crippen LogP contribution is -2.57. The zero-order valence-corrected chi connectivity index (χ0v) is 18.7. The molecule has 1 amide bonds. The van der Waals surface area contributed by atoms with Gasteiger partial charge in [0.1, 0.15) is 0 Å². The molecule has 0 aromatic heterocycles. The summed E-state index contributed by atoms with van der Waals surface area (Å²) in [6.45, 7) is 5.06. The monoisotopic (exact) mass is 471 g/mol. The number of rotatable bonds is 5. The van der Waals surface area contributed by atoms with Crippen molar-refractivity contribution in [3.63, 3.8) is 0 Å². The zero-order valence-electron chi connectivity index (χ0n) is 18.7. The summed E-state index contributed by atoms with van der Waals surface area (Å²) in [5, 5.41) is 31.0. The summed E-state index contributed by atoms with van der Waals surface area (Å²) in [6.07, 6.45) is -4.75. The Labute approximate surface area is 195 Å². The van der Waals surface area contributed by atoms with Gasteiger partial charge in [0, 0.05) is 43.6 Å². The van der Waals surface area contributed by atoms with E-state index < -0.39 is 28.8 Å². The second kappa shape index (κ2) is 9.72. The van der Waals surface area contributed by atoms with E-state index in [1.165, 1.54) is 19.1 Å². The number of β-amino-alcohol motifs (C(OH)–C–C–N with tert-alkyl or cyclic N) is 1. The highest BCUT2D eigenvalue weighted by Gasteiger charge is 2.37. The minimum absolute atomic E-state index is 0.00715. The highest BCUT2D eigenvalue weighted by molar-refractivity contribution is 5.97. The summed E-state index contributed by atoms with van der Waals surface area (Å²) < 4.78 is 39.6. The number of nitrogens with zero attached hydrogens (tertiary/aromatic N) is 4. The average Bonchev–Trinajstić information content (AvgIpc) is 2.78. The van der Waals surface area contributed by atoms with E-state index in [0.29, 0.717) is 31.3 Å². The van der Waals surface area contributed by atoms with Crippen molar-refractivity contribution < 1.29 is 23.1 Å². The summed E-state index contributed by atoms with van der Waals surface area (Å²) in [6, 6.07) is 13.7. The second-order valence-corrected chi connectivity index (χ2v) is 8.53. The van der Waals surface area contributed by atoms with Crippen LogP contribution in [0.2, 0.25) is 0 Å². The van der Waals surface area contributed by atoms with E-state index in [0.717, 1.165) is 11.8 Å². The van der Waals surface area contributed by atoms with Crippen LogP contribution in [0.5, 0.6) is 0 Å². The number of amides is 1. The van der Waals surface area contributed by atoms with Crippen molar-refractivity contribution in [2.75, 3.05) is 36.4 Å². The zero-order chi connectivity index (χ0) is 25.1. The van der Waals surface area contributed by atoms with Gasteiger partial charge in [-0.05, 0) is 56.3 Å². The summed E-state index contributed by atoms with van der Waals surface area (Å²) in [5.74, 6) is -0.840. The number of benzene rings is 2. The lowest BCUT2D eigenvalue weighted by molar-refractivity contribution is -0.138. The van der Waals surface area contributed by atoms with Crippen molar-refractivity contribution in [1.82, 2.24) is 4.90 Å². The van der Waals surface area contributed by atoms with E-state index in [9.17, 15) is 23.1 Å². The number of aliphatic hydroxyl groups is 1. The average molecular weight is 471 g/mol. The van der Waals surface area contributed by atoms with Gasteiger partial charge in [-0.1, -0.05) is 0 Å². The fraction of sp³-hybridized carbons (Fsp3) is 0.375. The minimum Gasteiger partial charge on any atom is -0.379 e. The Hall–Kier alpha value is -3.60. The third-order valence-corrected chi connectivity index (χ3v) is 5.76. The summed E-state index contributed by atoms with van der Waals surface area (Å²) >= 11 is 0. The maximum absolute atomic E-state index is 13.2. The maximum atomic E-state index is 13.2. The second-order valence-electron chi connectivity index (χ2n) is 8.53. The van der Waals surface area contributed by atoms with Crippen molar-refractivity contribution in [3.8, 4) is 12.1 Å². The van der Waals surface area contributed by atoms with Gasteiger partial charge in [-0.2, -0.15) is 23.7 Å². The SMILES string of the molecule is C[C@H]1CN(CC(C)(O)C(=O)Nc2ccc(C#N)c(C(F)(F)F)c2)CCN1c1ccc(C#N)cc1. The fourth-order valence-corrected chi connectivity index (χ4v) is 4.01. The van der Waals surface area contributed by atoms with Crippen LogP contribution in [0.1, 0.15) is 30.5 Å². The van der Waals surface area contributed by atoms with E-state index >= 15 is 0 Å². The highest BCUT2D eigenvalue weighted by Crippen LogP contribution is 2.33. The van der Waals surface area contributed by atoms with Gasteiger partial charge in [0.05, 0.1) is 28.8 Å². The van der Waals surface area contributed by atoms with Gasteiger partial charge in [-0.15, -0.1) is 0 Å². The van der Waals surface area contributed by atoms with Crippen LogP contribution in [-0.2, 0) is 11.0 Å². The van der Waals surface area contributed by atoms with E-state index in [4.69, 9.17) is 10.5 Å². The Bertz CT molecular complexity index is 1130. The number of hydrogen-bond donors (Lipinski definition) is 2. The largest absolute Gasteiger partial charge is 0.417 e. The molecule has 0 radical (unpaired) electrons. The van der Waals surface area contributed by atoms with Gasteiger partial charge in [-0.25, -0.2) is 0 Å². The van der Waals surface area contributed by atoms with Crippen LogP contribution < -0.4 is 10.2 Å². The van der Waals surface area contributed by atoms with E-state index in [2.05, 4.69) is 16.3 Å². The molecule has 0 saturated carbocycles. The third kappa shape index (κ3) is 5.66. The molecule has 1 unspecified atom stereocenters. The van der Waals surface area contributed by atoms with Gasteiger partial charge in [0.15, 0.2) is 5.60 Å². The molecule has 10 heteroatoms. The molecule has 1 heterocycles. The number of carbonyl (C=O) groups is 1. The molecule has 0 bridgehead atoms. The molecule has 1 saturated heterocycles. The predicted molar refractivity (Wildman–Crippen MR) is 120 cm³/mol. The number of halogens is 3. The summed E-state index contributed by atoms with van der Waals surface area (Å²) in [4.78, 5) is 16.8. The lowest BCUT2D eigenvalue weighted by atomic mass is 10.0. The molecule has 1 aliphatic heterocycles. The van der Waals surface area contributed by atoms with Crippen LogP contribution in [0.15, 0.2) is 42.5 Å². The van der Waals surface area contributed by atoms with Crippen molar-refractivity contribution in [2.45, 2.75) is 31.7 Å². The molecule has 34 heavy (non-hydrogen) atoms. The number of hydrogen-bond acceptors (Lipinski definition) is 6. The summed E-state index contributed by atoms with van der Waals surface area (Å²) in [7, 11) is 0. The van der Waals surface area contributed by atoms with Crippen LogP contribution in [0.4, 0.5) is 24.5 Å². The number of nitriles is 2. The first-order valence-corrected chi connectivity index (χ1v) is 10.6. The maximum Gasteiger partial charge on any atom is 0.417 e. The van der Waals surface area contributed by atoms with Crippen molar-refractivity contribution in [3.05, 3.63) is 59.2 Å². The van der Waals surface area contributed by atoms with Gasteiger partial charge >= 0.3 is 6.18 Å². The Kier molecular flexibility index (Phi) is 7.15. The van der Waals surface area contributed by atoms with Crippen molar-refractivity contribution in [1.29, 1.82) is 10.5 Å². The number of carbonyl (C=O) groups excluding carboxylic acids is 1. The minimum atomic E-state index is -4.75. The highest BCUT2D eigenvalue weighted by atomic mass is 19.4. The van der Waals surface area contributed by atoms with Crippen molar-refractivity contribution >= 4 is 17.3 Å². The van der Waals surface area contributed by atoms with Crippen LogP contribution >= 0.6 is 0 Å². The number of alkyl halides is 3. The van der Waals surface area contributed by atoms with Crippen LogP contribution in [0.3, 0.4) is 0 Å². The number of piperazine rings is 1. The molecule has 178 valence electrons. The van der Waals surface area contributed by atoms with E-state index in [1.807, 2.05) is 24.0 Å². The quantitative estimate of drug-likeness (QED) is 0.693. The predicted octanol–water partition coefficient (Wildman–Crippen LogP) is 3.35. The molecule has 1 fully saturated rings. The Balaban J connectivity index is 1.64. The molecule has 0 spiro atoms. The Morgan fingerprint density at radius 1 is 1.15 bits per heavy atom. The van der Waals surface area contributed by atoms with Crippen molar-refractivity contribution in [2.24, 2.45) is 0 Å². The number of anilines is 2. The molecule has 2 N–H and O–H groups in total. The molecular formula is C24H24F3N5O2. The first-order valence-electron chi connectivity index (χ1n) is 10.6. The van der Waals surface area contributed by atoms with Crippen LogP contribution in [0.25, 0.3) is 0 Å². The van der Waals surface area contributed by atoms with Gasteiger partial charge in [0.25, 0.3) is 5.91 Å². The van der Waals surface area contributed by atoms with Crippen LogP contribution in [-0.4, -0.2) is 53.7 Å². The van der Waals surface area contributed by atoms with Gasteiger partial charge < -0.3 is 15.3 Å². The van der Waals surface area contributed by atoms with Gasteiger partial charge in [0.2, 0.25) is 0 Å². The van der Waals surface area contributed by atoms with Crippen LogP contribution in [0, 0.1) is 22.7 Å². The first kappa shape index (κ1) is 25.0.